The van der Waals surface area contributed by atoms with E-state index in [0.29, 0.717) is 19.7 Å². The lowest BCUT2D eigenvalue weighted by atomic mass is 9.96. The van der Waals surface area contributed by atoms with Gasteiger partial charge in [0.15, 0.2) is 0 Å². The van der Waals surface area contributed by atoms with Gasteiger partial charge in [0.05, 0.1) is 18.2 Å². The highest BCUT2D eigenvalue weighted by Crippen LogP contribution is 2.25. The Morgan fingerprint density at radius 1 is 1.24 bits per heavy atom. The monoisotopic (exact) mass is 342 g/mol. The van der Waals surface area contributed by atoms with Crippen molar-refractivity contribution in [2.75, 3.05) is 19.7 Å². The standard InChI is InChI=1S/C18H22N4O3/c1-13-7-8-22(20-13)11-17(23)21-9-14(16(10-21)18(19)24)12-25-15-5-3-2-4-6-15/h2-8,14,16H,9-12H2,1H3,(H2,19,24)/t14-,16+/m0/s1. The Kier molecular flexibility index (Phi) is 5.02. The Morgan fingerprint density at radius 2 is 2.00 bits per heavy atom. The van der Waals surface area contributed by atoms with E-state index >= 15 is 0 Å². The Hall–Kier alpha value is -2.83. The molecule has 3 rings (SSSR count). The number of hydrogen-bond donors (Lipinski definition) is 1. The van der Waals surface area contributed by atoms with Crippen LogP contribution in [0.2, 0.25) is 0 Å². The second-order valence-corrected chi connectivity index (χ2v) is 6.35. The topological polar surface area (TPSA) is 90.5 Å². The third-order valence-electron chi connectivity index (χ3n) is 4.44. The number of hydrogen-bond acceptors (Lipinski definition) is 4. The maximum absolute atomic E-state index is 12.5. The molecule has 2 aromatic rings. The van der Waals surface area contributed by atoms with Gasteiger partial charge in [-0.1, -0.05) is 18.2 Å². The molecule has 0 bridgehead atoms. The van der Waals surface area contributed by atoms with Crippen LogP contribution in [0.5, 0.6) is 5.75 Å². The molecule has 25 heavy (non-hydrogen) atoms. The number of benzene rings is 1. The molecule has 2 atom stereocenters. The number of nitrogens with zero attached hydrogens (tertiary/aromatic N) is 3. The fourth-order valence-corrected chi connectivity index (χ4v) is 3.08. The van der Waals surface area contributed by atoms with Crippen LogP contribution in [0.15, 0.2) is 42.6 Å². The summed E-state index contributed by atoms with van der Waals surface area (Å²) in [6.45, 7) is 3.17. The van der Waals surface area contributed by atoms with Gasteiger partial charge in [0.2, 0.25) is 11.8 Å². The molecule has 2 amide bonds. The number of rotatable bonds is 6. The van der Waals surface area contributed by atoms with E-state index in [1.807, 2.05) is 43.3 Å². The fraction of sp³-hybridized carbons (Fsp3) is 0.389. The van der Waals surface area contributed by atoms with Crippen molar-refractivity contribution in [2.24, 2.45) is 17.6 Å². The zero-order valence-corrected chi connectivity index (χ0v) is 14.2. The number of primary amides is 1. The van der Waals surface area contributed by atoms with Crippen molar-refractivity contribution in [1.82, 2.24) is 14.7 Å². The van der Waals surface area contributed by atoms with E-state index in [1.54, 1.807) is 15.8 Å². The summed E-state index contributed by atoms with van der Waals surface area (Å²) in [5.41, 5.74) is 6.38. The molecule has 0 unspecified atom stereocenters. The largest absolute Gasteiger partial charge is 0.493 e. The third kappa shape index (κ3) is 4.17. The summed E-state index contributed by atoms with van der Waals surface area (Å²) in [5.74, 6) is -0.237. The van der Waals surface area contributed by atoms with Crippen LogP contribution in [0, 0.1) is 18.8 Å². The second kappa shape index (κ2) is 7.38. The Bertz CT molecular complexity index is 744. The summed E-state index contributed by atoms with van der Waals surface area (Å²) in [7, 11) is 0. The van der Waals surface area contributed by atoms with Crippen LogP contribution in [0.1, 0.15) is 5.69 Å². The maximum Gasteiger partial charge on any atom is 0.244 e. The van der Waals surface area contributed by atoms with Gasteiger partial charge in [-0.15, -0.1) is 0 Å². The van der Waals surface area contributed by atoms with Crippen molar-refractivity contribution in [2.45, 2.75) is 13.5 Å². The summed E-state index contributed by atoms with van der Waals surface area (Å²) < 4.78 is 7.36. The molecule has 1 fully saturated rings. The molecule has 0 saturated carbocycles. The number of aromatic nitrogens is 2. The summed E-state index contributed by atoms with van der Waals surface area (Å²) in [4.78, 5) is 25.9. The van der Waals surface area contributed by atoms with Crippen molar-refractivity contribution in [3.8, 4) is 5.75 Å². The van der Waals surface area contributed by atoms with Gasteiger partial charge in [0, 0.05) is 25.2 Å². The highest BCUT2D eigenvalue weighted by Gasteiger charge is 2.39. The molecule has 1 aliphatic heterocycles. The van der Waals surface area contributed by atoms with Crippen molar-refractivity contribution in [3.63, 3.8) is 0 Å². The molecule has 0 radical (unpaired) electrons. The van der Waals surface area contributed by atoms with Gasteiger partial charge < -0.3 is 15.4 Å². The molecule has 1 aromatic heterocycles. The fourth-order valence-electron chi connectivity index (χ4n) is 3.08. The first-order valence-corrected chi connectivity index (χ1v) is 8.28. The average molecular weight is 342 g/mol. The van der Waals surface area contributed by atoms with Crippen molar-refractivity contribution < 1.29 is 14.3 Å². The van der Waals surface area contributed by atoms with E-state index in [-0.39, 0.29) is 18.4 Å². The highest BCUT2D eigenvalue weighted by molar-refractivity contribution is 5.81. The van der Waals surface area contributed by atoms with E-state index in [0.717, 1.165) is 11.4 Å². The van der Waals surface area contributed by atoms with Crippen LogP contribution in [0.3, 0.4) is 0 Å². The van der Waals surface area contributed by atoms with Crippen LogP contribution in [0.4, 0.5) is 0 Å². The van der Waals surface area contributed by atoms with Crippen LogP contribution >= 0.6 is 0 Å². The smallest absolute Gasteiger partial charge is 0.244 e. The number of likely N-dealkylation sites (tertiary alicyclic amines) is 1. The number of carbonyl (C=O) groups excluding carboxylic acids is 2. The summed E-state index contributed by atoms with van der Waals surface area (Å²) in [5, 5.41) is 4.22. The van der Waals surface area contributed by atoms with Gasteiger partial charge in [0.25, 0.3) is 0 Å². The molecule has 1 aliphatic rings. The van der Waals surface area contributed by atoms with Gasteiger partial charge in [-0.25, -0.2) is 0 Å². The number of aryl methyl sites for hydroxylation is 1. The Labute approximate surface area is 146 Å². The predicted octanol–water partition coefficient (Wildman–Crippen LogP) is 0.830. The zero-order valence-electron chi connectivity index (χ0n) is 14.2. The van der Waals surface area contributed by atoms with Crippen molar-refractivity contribution in [3.05, 3.63) is 48.3 Å². The lowest BCUT2D eigenvalue weighted by Crippen LogP contribution is -2.34. The number of ether oxygens (including phenoxy) is 1. The van der Waals surface area contributed by atoms with Crippen LogP contribution in [-0.2, 0) is 16.1 Å². The number of nitrogens with two attached hydrogens (primary N) is 1. The first kappa shape index (κ1) is 17.0. The summed E-state index contributed by atoms with van der Waals surface area (Å²) >= 11 is 0. The van der Waals surface area contributed by atoms with E-state index < -0.39 is 11.8 Å². The molecule has 2 heterocycles. The molecule has 7 heteroatoms. The molecule has 1 saturated heterocycles. The molecular formula is C18H22N4O3. The average Bonchev–Trinajstić information content (AvgIpc) is 3.20. The molecule has 1 aromatic carbocycles. The quantitative estimate of drug-likeness (QED) is 0.842. The van der Waals surface area contributed by atoms with Crippen LogP contribution < -0.4 is 10.5 Å². The highest BCUT2D eigenvalue weighted by atomic mass is 16.5. The van der Waals surface area contributed by atoms with E-state index in [1.165, 1.54) is 0 Å². The van der Waals surface area contributed by atoms with Gasteiger partial charge in [-0.3, -0.25) is 14.3 Å². The number of carbonyl (C=O) groups is 2. The molecule has 7 nitrogen and oxygen atoms in total. The lowest BCUT2D eigenvalue weighted by Gasteiger charge is -2.17. The Balaban J connectivity index is 1.61. The minimum absolute atomic E-state index is 0.0726. The normalized spacial score (nSPS) is 19.8. The van der Waals surface area contributed by atoms with Gasteiger partial charge in [-0.05, 0) is 25.1 Å². The maximum atomic E-state index is 12.5. The first-order valence-electron chi connectivity index (χ1n) is 8.28. The van der Waals surface area contributed by atoms with Crippen molar-refractivity contribution >= 4 is 11.8 Å². The van der Waals surface area contributed by atoms with Crippen LogP contribution in [0.25, 0.3) is 0 Å². The third-order valence-corrected chi connectivity index (χ3v) is 4.44. The second-order valence-electron chi connectivity index (χ2n) is 6.35. The van der Waals surface area contributed by atoms with Crippen molar-refractivity contribution in [1.29, 1.82) is 0 Å². The van der Waals surface area contributed by atoms with Gasteiger partial charge in [0.1, 0.15) is 12.3 Å². The molecule has 0 aliphatic carbocycles. The van der Waals surface area contributed by atoms with Gasteiger partial charge in [-0.2, -0.15) is 5.10 Å². The summed E-state index contributed by atoms with van der Waals surface area (Å²) in [6.07, 6.45) is 1.77. The minimum Gasteiger partial charge on any atom is -0.493 e. The van der Waals surface area contributed by atoms with E-state index in [4.69, 9.17) is 10.5 Å². The first-order chi connectivity index (χ1) is 12.0. The summed E-state index contributed by atoms with van der Waals surface area (Å²) in [6, 6.07) is 11.2. The SMILES string of the molecule is Cc1ccn(CC(=O)N2C[C@@H](COc3ccccc3)[C@H](C(N)=O)C2)n1. The number of amides is 2. The minimum atomic E-state index is -0.396. The predicted molar refractivity (Wildman–Crippen MR) is 91.7 cm³/mol. The Morgan fingerprint density at radius 3 is 2.64 bits per heavy atom. The molecule has 132 valence electrons. The number of para-hydroxylation sites is 1. The zero-order chi connectivity index (χ0) is 17.8. The molecular weight excluding hydrogens is 320 g/mol. The van der Waals surface area contributed by atoms with E-state index in [2.05, 4.69) is 5.10 Å². The lowest BCUT2D eigenvalue weighted by molar-refractivity contribution is -0.131. The molecule has 2 N–H and O–H groups in total. The van der Waals surface area contributed by atoms with Crippen LogP contribution in [-0.4, -0.2) is 46.2 Å². The van der Waals surface area contributed by atoms with Gasteiger partial charge >= 0.3 is 0 Å². The molecule has 0 spiro atoms. The van der Waals surface area contributed by atoms with E-state index in [9.17, 15) is 9.59 Å².